The van der Waals surface area contributed by atoms with Crippen molar-refractivity contribution in [2.24, 2.45) is 14.1 Å². The summed E-state index contributed by atoms with van der Waals surface area (Å²) in [6.07, 6.45) is 2.58. The first kappa shape index (κ1) is 31.0. The normalized spacial score (nSPS) is 18.0. The standard InChI is InChI=1S/C33H30Cl2N6O6/c1-39-13-20(31(44)40(2)32(39)45)29(43)36-21-9-5-7-18(28(21)35)17-6-4-8-19(27(17)34)22-12-24-26(30(37-22)46-3)23(14-47-24)41-15-33(16-41)11-10-25(42)38-33/h4-9,12-13,23H,10-11,14-16H2,1-3H3,(H,36,43)(H,38,42). The van der Waals surface area contributed by atoms with E-state index in [1.54, 1.807) is 31.4 Å². The third-order valence-corrected chi connectivity index (χ3v) is 9.91. The number of ether oxygens (including phenoxy) is 2. The highest BCUT2D eigenvalue weighted by molar-refractivity contribution is 6.39. The Balaban J connectivity index is 1.18. The van der Waals surface area contributed by atoms with Crippen molar-refractivity contribution in [3.8, 4) is 34.0 Å². The van der Waals surface area contributed by atoms with Gasteiger partial charge in [0.15, 0.2) is 0 Å². The molecule has 2 fully saturated rings. The zero-order chi connectivity index (χ0) is 33.2. The molecule has 0 saturated carbocycles. The molecule has 3 aliphatic rings. The number of likely N-dealkylation sites (tertiary alicyclic amines) is 1. The van der Waals surface area contributed by atoms with Crippen LogP contribution in [0.2, 0.25) is 10.0 Å². The molecule has 0 bridgehead atoms. The molecule has 0 aliphatic carbocycles. The van der Waals surface area contributed by atoms with E-state index >= 15 is 0 Å². The van der Waals surface area contributed by atoms with Crippen LogP contribution < -0.4 is 31.4 Å². The molecular formula is C33H30Cl2N6O6. The van der Waals surface area contributed by atoms with Crippen LogP contribution in [0.25, 0.3) is 22.4 Å². The maximum absolute atomic E-state index is 13.1. The molecule has 2 amide bonds. The maximum atomic E-state index is 13.1. The molecule has 7 rings (SSSR count). The average Bonchev–Trinajstić information content (AvgIpc) is 3.65. The lowest BCUT2D eigenvalue weighted by Crippen LogP contribution is -2.67. The Morgan fingerprint density at radius 1 is 1.06 bits per heavy atom. The van der Waals surface area contributed by atoms with Crippen molar-refractivity contribution in [2.45, 2.75) is 24.4 Å². The molecule has 5 heterocycles. The quantitative estimate of drug-likeness (QED) is 0.315. The van der Waals surface area contributed by atoms with Crippen LogP contribution >= 0.6 is 23.2 Å². The third-order valence-electron chi connectivity index (χ3n) is 9.10. The fourth-order valence-electron chi connectivity index (χ4n) is 6.66. The minimum absolute atomic E-state index is 0.0517. The number of carbonyl (C=O) groups is 2. The molecule has 1 spiro atoms. The van der Waals surface area contributed by atoms with Gasteiger partial charge in [0, 0.05) is 62.6 Å². The number of methoxy groups -OCH3 is 1. The molecule has 2 aromatic carbocycles. The van der Waals surface area contributed by atoms with E-state index in [0.29, 0.717) is 52.1 Å². The molecule has 14 heteroatoms. The highest BCUT2D eigenvalue weighted by Crippen LogP contribution is 2.48. The van der Waals surface area contributed by atoms with Crippen LogP contribution in [-0.4, -0.2) is 63.2 Å². The van der Waals surface area contributed by atoms with Gasteiger partial charge in [-0.25, -0.2) is 9.78 Å². The van der Waals surface area contributed by atoms with Gasteiger partial charge in [-0.3, -0.25) is 23.9 Å². The van der Waals surface area contributed by atoms with Crippen LogP contribution in [0.5, 0.6) is 11.6 Å². The number of nitrogens with zero attached hydrogens (tertiary/aromatic N) is 4. The number of aromatic nitrogens is 3. The lowest BCUT2D eigenvalue weighted by Gasteiger charge is -2.50. The number of fused-ring (bicyclic) bond motifs is 1. The van der Waals surface area contributed by atoms with Gasteiger partial charge in [0.1, 0.15) is 17.9 Å². The first-order valence-electron chi connectivity index (χ1n) is 14.9. The summed E-state index contributed by atoms with van der Waals surface area (Å²) in [5.74, 6) is 0.475. The van der Waals surface area contributed by atoms with Gasteiger partial charge in [0.25, 0.3) is 11.5 Å². The van der Waals surface area contributed by atoms with Crippen molar-refractivity contribution in [3.05, 3.63) is 90.7 Å². The molecule has 1 unspecified atom stereocenters. The van der Waals surface area contributed by atoms with Gasteiger partial charge in [-0.2, -0.15) is 0 Å². The fraction of sp³-hybridized carbons (Fsp3) is 0.303. The number of amides is 2. The molecule has 1 atom stereocenters. The molecule has 4 aromatic rings. The Morgan fingerprint density at radius 3 is 2.47 bits per heavy atom. The lowest BCUT2D eigenvalue weighted by atomic mass is 9.86. The minimum atomic E-state index is -0.725. The van der Waals surface area contributed by atoms with E-state index in [4.69, 9.17) is 37.7 Å². The number of aryl methyl sites for hydroxylation is 1. The van der Waals surface area contributed by atoms with Crippen molar-refractivity contribution < 1.29 is 19.1 Å². The number of nitrogens with one attached hydrogen (secondary N) is 2. The van der Waals surface area contributed by atoms with Crippen LogP contribution in [0, 0.1) is 0 Å². The van der Waals surface area contributed by atoms with Crippen LogP contribution in [0.3, 0.4) is 0 Å². The van der Waals surface area contributed by atoms with E-state index in [2.05, 4.69) is 15.5 Å². The van der Waals surface area contributed by atoms with Crippen LogP contribution in [0.4, 0.5) is 5.69 Å². The molecule has 47 heavy (non-hydrogen) atoms. The van der Waals surface area contributed by atoms with Gasteiger partial charge in [0.05, 0.1) is 45.7 Å². The summed E-state index contributed by atoms with van der Waals surface area (Å²) < 4.78 is 13.9. The first-order chi connectivity index (χ1) is 22.5. The molecule has 242 valence electrons. The van der Waals surface area contributed by atoms with Crippen molar-refractivity contribution in [3.63, 3.8) is 0 Å². The number of benzene rings is 2. The van der Waals surface area contributed by atoms with Crippen LogP contribution in [-0.2, 0) is 18.9 Å². The van der Waals surface area contributed by atoms with Crippen molar-refractivity contribution in [2.75, 3.05) is 32.1 Å². The summed E-state index contributed by atoms with van der Waals surface area (Å²) in [5, 5.41) is 6.39. The summed E-state index contributed by atoms with van der Waals surface area (Å²) >= 11 is 13.8. The topological polar surface area (TPSA) is 137 Å². The van der Waals surface area contributed by atoms with Crippen molar-refractivity contribution in [1.82, 2.24) is 24.3 Å². The number of anilines is 1. The summed E-state index contributed by atoms with van der Waals surface area (Å²) in [6, 6.07) is 12.3. The number of rotatable bonds is 6. The number of halogens is 2. The smallest absolute Gasteiger partial charge is 0.330 e. The zero-order valence-electron chi connectivity index (χ0n) is 25.7. The van der Waals surface area contributed by atoms with Crippen molar-refractivity contribution >= 4 is 40.7 Å². The fourth-order valence-corrected chi connectivity index (χ4v) is 7.26. The number of carbonyl (C=O) groups excluding carboxylic acids is 2. The number of hydrogen-bond acceptors (Lipinski definition) is 8. The molecule has 2 saturated heterocycles. The van der Waals surface area contributed by atoms with Gasteiger partial charge in [-0.05, 0) is 12.5 Å². The van der Waals surface area contributed by atoms with E-state index in [1.165, 1.54) is 20.3 Å². The molecule has 2 aromatic heterocycles. The lowest BCUT2D eigenvalue weighted by molar-refractivity contribution is -0.121. The Morgan fingerprint density at radius 2 is 1.77 bits per heavy atom. The van der Waals surface area contributed by atoms with Gasteiger partial charge in [-0.1, -0.05) is 53.5 Å². The monoisotopic (exact) mass is 676 g/mol. The SMILES string of the molecule is COc1nc(-c2cccc(-c3cccc(NC(=O)c4cn(C)c(=O)n(C)c4=O)c3Cl)c2Cl)cc2c1C(N1CC3(CCC(=O)N3)C1)CO2. The number of pyridine rings is 1. The van der Waals surface area contributed by atoms with E-state index in [9.17, 15) is 19.2 Å². The highest BCUT2D eigenvalue weighted by Gasteiger charge is 2.51. The molecule has 2 N–H and O–H groups in total. The Hall–Kier alpha value is -4.65. The van der Waals surface area contributed by atoms with Gasteiger partial charge < -0.3 is 24.7 Å². The Labute approximate surface area is 278 Å². The highest BCUT2D eigenvalue weighted by atomic mass is 35.5. The predicted octanol–water partition coefficient (Wildman–Crippen LogP) is 3.78. The second-order valence-electron chi connectivity index (χ2n) is 12.1. The Kier molecular flexibility index (Phi) is 7.61. The Bertz CT molecular complexity index is 2100. The first-order valence-corrected chi connectivity index (χ1v) is 15.7. The summed E-state index contributed by atoms with van der Waals surface area (Å²) in [7, 11) is 4.33. The van der Waals surface area contributed by atoms with E-state index in [0.717, 1.165) is 34.2 Å². The predicted molar refractivity (Wildman–Crippen MR) is 176 cm³/mol. The van der Waals surface area contributed by atoms with Gasteiger partial charge >= 0.3 is 5.69 Å². The second kappa shape index (κ2) is 11.5. The van der Waals surface area contributed by atoms with E-state index < -0.39 is 17.2 Å². The average molecular weight is 678 g/mol. The maximum Gasteiger partial charge on any atom is 0.330 e. The van der Waals surface area contributed by atoms with Gasteiger partial charge in [0.2, 0.25) is 11.8 Å². The second-order valence-corrected chi connectivity index (χ2v) is 12.8. The zero-order valence-corrected chi connectivity index (χ0v) is 27.2. The number of hydrogen-bond donors (Lipinski definition) is 2. The van der Waals surface area contributed by atoms with E-state index in [1.807, 2.05) is 18.2 Å². The molecular weight excluding hydrogens is 647 g/mol. The molecule has 12 nitrogen and oxygen atoms in total. The summed E-state index contributed by atoms with van der Waals surface area (Å²) in [5.41, 5.74) is 1.77. The third kappa shape index (κ3) is 5.16. The van der Waals surface area contributed by atoms with Gasteiger partial charge in [-0.15, -0.1) is 0 Å². The minimum Gasteiger partial charge on any atom is -0.491 e. The van der Waals surface area contributed by atoms with Crippen molar-refractivity contribution in [1.29, 1.82) is 0 Å². The van der Waals surface area contributed by atoms with E-state index in [-0.39, 0.29) is 33.8 Å². The largest absolute Gasteiger partial charge is 0.491 e. The summed E-state index contributed by atoms with van der Waals surface area (Å²) in [6.45, 7) is 1.92. The molecule has 3 aliphatic heterocycles. The molecule has 0 radical (unpaired) electrons. The van der Waals surface area contributed by atoms with Crippen LogP contribution in [0.15, 0.2) is 58.3 Å². The van der Waals surface area contributed by atoms with Crippen LogP contribution in [0.1, 0.15) is 34.8 Å². The summed E-state index contributed by atoms with van der Waals surface area (Å²) in [4.78, 5) is 56.7.